The Kier molecular flexibility index (Phi) is 4.85. The van der Waals surface area contributed by atoms with E-state index >= 15 is 0 Å². The van der Waals surface area contributed by atoms with Crippen LogP contribution >= 0.6 is 11.3 Å². The molecule has 0 fully saturated rings. The lowest BCUT2D eigenvalue weighted by Gasteiger charge is -2.09. The van der Waals surface area contributed by atoms with E-state index in [0.717, 1.165) is 11.3 Å². The molecule has 0 aliphatic carbocycles. The second kappa shape index (κ2) is 6.62. The summed E-state index contributed by atoms with van der Waals surface area (Å²) in [5.74, 6) is 0.618. The summed E-state index contributed by atoms with van der Waals surface area (Å²) in [6, 6.07) is 0. The van der Waals surface area contributed by atoms with Gasteiger partial charge in [0.2, 0.25) is 5.51 Å². The van der Waals surface area contributed by atoms with Crippen LogP contribution in [-0.2, 0) is 22.5 Å². The average Bonchev–Trinajstić information content (AvgIpc) is 2.74. The molecule has 7 heteroatoms. The number of ether oxygens (including phenoxy) is 1. The molecule has 0 unspecified atom stereocenters. The lowest BCUT2D eigenvalue weighted by atomic mass is 10.2. The van der Waals surface area contributed by atoms with Crippen LogP contribution in [0, 0.1) is 13.8 Å². The number of hydrogen-bond donors (Lipinski definition) is 0. The number of nitrogens with zero attached hydrogens (tertiary/aromatic N) is 3. The van der Waals surface area contributed by atoms with E-state index in [1.54, 1.807) is 24.5 Å². The predicted octanol–water partition coefficient (Wildman–Crippen LogP) is 2.28. The number of aromatic nitrogens is 3. The van der Waals surface area contributed by atoms with Gasteiger partial charge >= 0.3 is 5.97 Å². The van der Waals surface area contributed by atoms with Crippen molar-refractivity contribution in [3.63, 3.8) is 0 Å². The van der Waals surface area contributed by atoms with Crippen molar-refractivity contribution in [2.45, 2.75) is 33.7 Å². The second-order valence-corrected chi connectivity index (χ2v) is 5.68. The molecule has 2 heterocycles. The van der Waals surface area contributed by atoms with Gasteiger partial charge in [0.1, 0.15) is 0 Å². The highest BCUT2D eigenvalue weighted by Crippen LogP contribution is 2.16. The second-order valence-electron chi connectivity index (χ2n) is 4.74. The molecule has 2 aromatic rings. The zero-order valence-electron chi connectivity index (χ0n) is 12.3. The van der Waals surface area contributed by atoms with Gasteiger partial charge in [0.15, 0.2) is 12.2 Å². The third kappa shape index (κ3) is 3.98. The van der Waals surface area contributed by atoms with E-state index in [2.05, 4.69) is 14.5 Å². The summed E-state index contributed by atoms with van der Waals surface area (Å²) >= 11 is 1.63. The summed E-state index contributed by atoms with van der Waals surface area (Å²) in [6.07, 6.45) is 2.41. The van der Waals surface area contributed by atoms with Crippen molar-refractivity contribution in [2.75, 3.05) is 6.61 Å². The highest BCUT2D eigenvalue weighted by Gasteiger charge is 2.16. The van der Waals surface area contributed by atoms with Gasteiger partial charge in [0, 0.05) is 37.9 Å². The Bertz CT molecular complexity index is 654. The number of nitrogens with one attached hydrogen (secondary N) is 1. The van der Waals surface area contributed by atoms with E-state index < -0.39 is 0 Å². The van der Waals surface area contributed by atoms with Crippen LogP contribution in [0.4, 0.5) is 5.82 Å². The normalized spacial score (nSPS) is 10.6. The maximum atomic E-state index is 10.8. The number of aryl methyl sites for hydroxylation is 1. The first kappa shape index (κ1) is 15.4. The van der Waals surface area contributed by atoms with Crippen molar-refractivity contribution >= 4 is 23.1 Å². The van der Waals surface area contributed by atoms with E-state index in [0.29, 0.717) is 25.4 Å². The summed E-state index contributed by atoms with van der Waals surface area (Å²) in [7, 11) is 0. The van der Waals surface area contributed by atoms with Crippen LogP contribution in [0.2, 0.25) is 0 Å². The van der Waals surface area contributed by atoms with Crippen molar-refractivity contribution in [1.29, 1.82) is 0 Å². The quantitative estimate of drug-likeness (QED) is 0.627. The average molecular weight is 306 g/mol. The maximum absolute atomic E-state index is 10.8. The molecular formula is C14H18N4O2S. The summed E-state index contributed by atoms with van der Waals surface area (Å²) in [5.41, 5.74) is 11.8. The SMILES string of the molecule is CC(=O)OCCc1sc[n+](Cc2cnc(C)nc2[NH-])c1C. The summed E-state index contributed by atoms with van der Waals surface area (Å²) in [4.78, 5) is 20.2. The predicted molar refractivity (Wildman–Crippen MR) is 79.4 cm³/mol. The summed E-state index contributed by atoms with van der Waals surface area (Å²) in [5, 5.41) is 0. The van der Waals surface area contributed by atoms with Crippen molar-refractivity contribution < 1.29 is 14.1 Å². The van der Waals surface area contributed by atoms with Crippen LogP contribution in [0.5, 0.6) is 0 Å². The molecule has 0 atom stereocenters. The van der Waals surface area contributed by atoms with Gasteiger partial charge in [0.25, 0.3) is 0 Å². The zero-order chi connectivity index (χ0) is 15.4. The van der Waals surface area contributed by atoms with E-state index in [-0.39, 0.29) is 11.8 Å². The van der Waals surface area contributed by atoms with Gasteiger partial charge < -0.3 is 15.5 Å². The van der Waals surface area contributed by atoms with Gasteiger partial charge in [-0.15, -0.1) is 0 Å². The minimum absolute atomic E-state index is 0.257. The van der Waals surface area contributed by atoms with E-state index in [1.807, 2.05) is 12.4 Å². The van der Waals surface area contributed by atoms with Gasteiger partial charge in [-0.2, -0.15) is 4.57 Å². The maximum Gasteiger partial charge on any atom is 0.302 e. The number of carbonyl (C=O) groups excluding carboxylic acids is 1. The largest absolute Gasteiger partial charge is 0.482 e. The molecule has 0 amide bonds. The molecule has 0 bridgehead atoms. The fraction of sp³-hybridized carbons (Fsp3) is 0.429. The molecule has 2 aromatic heterocycles. The van der Waals surface area contributed by atoms with Crippen LogP contribution in [0.15, 0.2) is 11.7 Å². The number of thiazole rings is 1. The molecule has 6 nitrogen and oxygen atoms in total. The lowest BCUT2D eigenvalue weighted by molar-refractivity contribution is -0.689. The molecule has 0 saturated carbocycles. The van der Waals surface area contributed by atoms with E-state index in [9.17, 15) is 4.79 Å². The highest BCUT2D eigenvalue weighted by molar-refractivity contribution is 7.09. The third-order valence-corrected chi connectivity index (χ3v) is 4.26. The minimum Gasteiger partial charge on any atom is -0.482 e. The van der Waals surface area contributed by atoms with Crippen molar-refractivity contribution in [2.24, 2.45) is 0 Å². The molecule has 0 aliphatic rings. The zero-order valence-corrected chi connectivity index (χ0v) is 13.2. The first-order chi connectivity index (χ1) is 9.97. The Morgan fingerprint density at radius 3 is 2.90 bits per heavy atom. The van der Waals surface area contributed by atoms with Crippen molar-refractivity contribution in [3.8, 4) is 0 Å². The summed E-state index contributed by atoms with van der Waals surface area (Å²) in [6.45, 7) is 6.19. The standard InChI is InChI=1S/C14H18N4O2S/c1-9-13(4-5-20-11(3)19)21-8-18(9)7-12-6-16-10(2)17-14(12)15/h6,8H,4-5,7H2,1-3H3,(H-,15,16,17). The number of carbonyl (C=O) groups is 1. The Hall–Kier alpha value is -2.02. The summed E-state index contributed by atoms with van der Waals surface area (Å²) < 4.78 is 7.04. The molecule has 0 saturated heterocycles. The molecule has 1 N–H and O–H groups in total. The van der Waals surface area contributed by atoms with Crippen LogP contribution in [-0.4, -0.2) is 22.5 Å². The molecule has 112 valence electrons. The van der Waals surface area contributed by atoms with Crippen molar-refractivity contribution in [1.82, 2.24) is 9.97 Å². The van der Waals surface area contributed by atoms with Crippen LogP contribution in [0.3, 0.4) is 0 Å². The van der Waals surface area contributed by atoms with Gasteiger partial charge in [-0.1, -0.05) is 17.2 Å². The topological polar surface area (TPSA) is 79.8 Å². The first-order valence-corrected chi connectivity index (χ1v) is 7.49. The first-order valence-electron chi connectivity index (χ1n) is 6.61. The number of esters is 1. The molecule has 2 rings (SSSR count). The van der Waals surface area contributed by atoms with Crippen molar-refractivity contribution in [3.05, 3.63) is 39.4 Å². The van der Waals surface area contributed by atoms with Crippen LogP contribution in [0.1, 0.15) is 28.9 Å². The molecule has 21 heavy (non-hydrogen) atoms. The fourth-order valence-corrected chi connectivity index (χ4v) is 2.91. The lowest BCUT2D eigenvalue weighted by Crippen LogP contribution is -2.35. The van der Waals surface area contributed by atoms with Gasteiger partial charge in [-0.05, 0) is 6.92 Å². The van der Waals surface area contributed by atoms with Gasteiger partial charge in [-0.3, -0.25) is 9.78 Å². The number of rotatable bonds is 5. The van der Waals surface area contributed by atoms with Gasteiger partial charge in [-0.25, -0.2) is 0 Å². The Morgan fingerprint density at radius 2 is 2.24 bits per heavy atom. The van der Waals surface area contributed by atoms with E-state index in [4.69, 9.17) is 10.5 Å². The molecular weight excluding hydrogens is 288 g/mol. The molecule has 0 aromatic carbocycles. The van der Waals surface area contributed by atoms with Crippen LogP contribution < -0.4 is 4.57 Å². The molecule has 0 aliphatic heterocycles. The van der Waals surface area contributed by atoms with Gasteiger partial charge in [0.05, 0.1) is 11.5 Å². The number of hydrogen-bond acceptors (Lipinski definition) is 5. The Morgan fingerprint density at radius 1 is 1.48 bits per heavy atom. The third-order valence-electron chi connectivity index (χ3n) is 3.12. The minimum atomic E-state index is -0.257. The Labute approximate surface area is 127 Å². The van der Waals surface area contributed by atoms with E-state index in [1.165, 1.54) is 11.8 Å². The highest BCUT2D eigenvalue weighted by atomic mass is 32.1. The smallest absolute Gasteiger partial charge is 0.302 e. The Balaban J connectivity index is 2.07. The fourth-order valence-electron chi connectivity index (χ4n) is 1.93. The molecule has 0 radical (unpaired) electrons. The molecule has 0 spiro atoms. The monoisotopic (exact) mass is 306 g/mol. The van der Waals surface area contributed by atoms with Crippen LogP contribution in [0.25, 0.3) is 5.73 Å².